The quantitative estimate of drug-likeness (QED) is 0.668. The Kier molecular flexibility index (Phi) is 8.53. The van der Waals surface area contributed by atoms with Crippen LogP contribution in [0.15, 0.2) is 0 Å². The molecule has 0 bridgehead atoms. The maximum absolute atomic E-state index is 11.0. The summed E-state index contributed by atoms with van der Waals surface area (Å²) in [6, 6.07) is 0.0347. The van der Waals surface area contributed by atoms with Gasteiger partial charge in [0.05, 0.1) is 0 Å². The molecule has 0 aromatic rings. The molecule has 0 spiro atoms. The highest BCUT2D eigenvalue weighted by Crippen LogP contribution is 1.86. The average molecular weight is 164 g/mol. The molecule has 2 amide bonds. The number of rotatable bonds is 3. The Hall–Kier alpha value is -0.800. The Labute approximate surface area is 67.1 Å². The van der Waals surface area contributed by atoms with Crippen molar-refractivity contribution in [2.75, 3.05) is 19.6 Å². The van der Waals surface area contributed by atoms with Crippen LogP contribution >= 0.6 is 0 Å². The summed E-state index contributed by atoms with van der Waals surface area (Å²) in [6.07, 6.45) is 0. The van der Waals surface area contributed by atoms with E-state index < -0.39 is 0 Å². The van der Waals surface area contributed by atoms with E-state index in [1.54, 1.807) is 4.90 Å². The Morgan fingerprint density at radius 3 is 2.00 bits per heavy atom. The van der Waals surface area contributed by atoms with Gasteiger partial charge >= 0.3 is 6.03 Å². The normalized spacial score (nSPS) is 8.27. The molecule has 0 aliphatic rings. The summed E-state index contributed by atoms with van der Waals surface area (Å²) < 4.78 is 0. The van der Waals surface area contributed by atoms with E-state index in [-0.39, 0.29) is 10.7 Å². The topological polar surface area (TPSA) is 32.3 Å². The second kappa shape index (κ2) is 7.31. The number of nitrogens with one attached hydrogen (secondary N) is 1. The first-order chi connectivity index (χ1) is 4.76. The van der Waals surface area contributed by atoms with Crippen LogP contribution in [-0.2, 0) is 0 Å². The second-order valence-corrected chi connectivity index (χ2v) is 2.01. The van der Waals surface area contributed by atoms with Gasteiger partial charge in [-0.25, -0.2) is 4.79 Å². The van der Waals surface area contributed by atoms with Crippen molar-refractivity contribution in [2.45, 2.75) is 20.8 Å². The summed E-state index contributed by atoms with van der Waals surface area (Å²) in [6.45, 7) is 8.12. The van der Waals surface area contributed by atoms with Crippen LogP contribution in [0.25, 0.3) is 0 Å². The molecule has 0 aromatic carbocycles. The van der Waals surface area contributed by atoms with Crippen LogP contribution in [0.4, 0.5) is 9.50 Å². The van der Waals surface area contributed by atoms with E-state index in [1.807, 2.05) is 20.8 Å². The van der Waals surface area contributed by atoms with Gasteiger partial charge in [-0.3, -0.25) is 4.70 Å². The summed E-state index contributed by atoms with van der Waals surface area (Å²) >= 11 is 0. The van der Waals surface area contributed by atoms with Crippen LogP contribution in [0.1, 0.15) is 20.8 Å². The summed E-state index contributed by atoms with van der Waals surface area (Å²) in [7, 11) is 0. The van der Waals surface area contributed by atoms with Crippen molar-refractivity contribution >= 4 is 6.03 Å². The molecule has 0 aliphatic carbocycles. The molecule has 0 aromatic heterocycles. The highest BCUT2D eigenvalue weighted by molar-refractivity contribution is 5.73. The molecule has 0 saturated heterocycles. The molecule has 0 atom stereocenters. The van der Waals surface area contributed by atoms with Crippen LogP contribution in [0, 0.1) is 0 Å². The molecule has 11 heavy (non-hydrogen) atoms. The standard InChI is InChI=1S/C7H16N2O.FH/c1-4-8-7(10)9(5-2)6-3;/h4-6H2,1-3H3,(H,8,10);1H. The predicted octanol–water partition coefficient (Wildman–Crippen LogP) is 1.21. The first kappa shape index (κ1) is 12.8. The van der Waals surface area contributed by atoms with Crippen molar-refractivity contribution < 1.29 is 9.50 Å². The van der Waals surface area contributed by atoms with Crippen LogP contribution in [0.2, 0.25) is 0 Å². The van der Waals surface area contributed by atoms with Gasteiger partial charge in [0.15, 0.2) is 0 Å². The third kappa shape index (κ3) is 4.58. The molecule has 0 rings (SSSR count). The molecule has 1 N–H and O–H groups in total. The van der Waals surface area contributed by atoms with Gasteiger partial charge < -0.3 is 10.2 Å². The molecule has 3 nitrogen and oxygen atoms in total. The van der Waals surface area contributed by atoms with Gasteiger partial charge in [0.25, 0.3) is 0 Å². The van der Waals surface area contributed by atoms with E-state index in [0.717, 1.165) is 13.1 Å². The Bertz CT molecular complexity index is 105. The molecule has 0 unspecified atom stereocenters. The fourth-order valence-corrected chi connectivity index (χ4v) is 0.774. The molecular formula is C7H17FN2O. The Morgan fingerprint density at radius 2 is 1.73 bits per heavy atom. The highest BCUT2D eigenvalue weighted by atomic mass is 19.0. The molecule has 4 heteroatoms. The molecule has 0 saturated carbocycles. The van der Waals surface area contributed by atoms with E-state index in [0.29, 0.717) is 6.54 Å². The molecule has 0 fully saturated rings. The third-order valence-corrected chi connectivity index (χ3v) is 1.38. The first-order valence-corrected chi connectivity index (χ1v) is 3.79. The zero-order valence-electron chi connectivity index (χ0n) is 7.39. The van der Waals surface area contributed by atoms with Gasteiger partial charge in [0.1, 0.15) is 0 Å². The van der Waals surface area contributed by atoms with Crippen LogP contribution in [-0.4, -0.2) is 30.6 Å². The Morgan fingerprint density at radius 1 is 1.27 bits per heavy atom. The number of amides is 2. The van der Waals surface area contributed by atoms with Gasteiger partial charge in [0.2, 0.25) is 0 Å². The first-order valence-electron chi connectivity index (χ1n) is 3.79. The predicted molar refractivity (Wildman–Crippen MR) is 44.5 cm³/mol. The maximum Gasteiger partial charge on any atom is 0.317 e. The maximum atomic E-state index is 11.0. The number of carbonyl (C=O) groups is 1. The smallest absolute Gasteiger partial charge is 0.317 e. The minimum atomic E-state index is 0. The summed E-state index contributed by atoms with van der Waals surface area (Å²) in [5.74, 6) is 0. The number of halogens is 1. The van der Waals surface area contributed by atoms with Crippen molar-refractivity contribution in [3.8, 4) is 0 Å². The molecule has 68 valence electrons. The summed E-state index contributed by atoms with van der Waals surface area (Å²) in [4.78, 5) is 12.8. The van der Waals surface area contributed by atoms with Crippen LogP contribution in [0.5, 0.6) is 0 Å². The number of nitrogens with zero attached hydrogens (tertiary/aromatic N) is 1. The van der Waals surface area contributed by atoms with Crippen molar-refractivity contribution in [2.24, 2.45) is 0 Å². The SMILES string of the molecule is CCNC(=O)N(CC)CC.F. The monoisotopic (exact) mass is 164 g/mol. The lowest BCUT2D eigenvalue weighted by molar-refractivity contribution is 0.204. The summed E-state index contributed by atoms with van der Waals surface area (Å²) in [5, 5.41) is 2.73. The number of hydrogen-bond donors (Lipinski definition) is 1. The molecule has 0 radical (unpaired) electrons. The minimum absolute atomic E-state index is 0. The average Bonchev–Trinajstić information content (AvgIpc) is 1.91. The number of urea groups is 1. The van der Waals surface area contributed by atoms with Crippen LogP contribution in [0.3, 0.4) is 0 Å². The van der Waals surface area contributed by atoms with Gasteiger partial charge in [-0.05, 0) is 20.8 Å². The van der Waals surface area contributed by atoms with E-state index in [9.17, 15) is 4.79 Å². The van der Waals surface area contributed by atoms with Gasteiger partial charge in [-0.15, -0.1) is 0 Å². The largest absolute Gasteiger partial charge is 0.338 e. The van der Waals surface area contributed by atoms with Crippen molar-refractivity contribution in [3.05, 3.63) is 0 Å². The van der Waals surface area contributed by atoms with Crippen molar-refractivity contribution in [3.63, 3.8) is 0 Å². The van der Waals surface area contributed by atoms with E-state index in [2.05, 4.69) is 5.32 Å². The van der Waals surface area contributed by atoms with E-state index in [4.69, 9.17) is 0 Å². The zero-order valence-corrected chi connectivity index (χ0v) is 7.39. The van der Waals surface area contributed by atoms with Gasteiger partial charge in [-0.1, -0.05) is 0 Å². The number of hydrogen-bond acceptors (Lipinski definition) is 1. The van der Waals surface area contributed by atoms with Gasteiger partial charge in [-0.2, -0.15) is 0 Å². The van der Waals surface area contributed by atoms with Crippen molar-refractivity contribution in [1.82, 2.24) is 10.2 Å². The molecular weight excluding hydrogens is 147 g/mol. The third-order valence-electron chi connectivity index (χ3n) is 1.38. The van der Waals surface area contributed by atoms with Crippen LogP contribution < -0.4 is 5.32 Å². The van der Waals surface area contributed by atoms with E-state index >= 15 is 0 Å². The van der Waals surface area contributed by atoms with Gasteiger partial charge in [0, 0.05) is 19.6 Å². The lowest BCUT2D eigenvalue weighted by atomic mass is 10.5. The number of carbonyl (C=O) groups excluding carboxylic acids is 1. The fraction of sp³-hybridized carbons (Fsp3) is 0.857. The highest BCUT2D eigenvalue weighted by Gasteiger charge is 2.05. The van der Waals surface area contributed by atoms with E-state index in [1.165, 1.54) is 0 Å². The lowest BCUT2D eigenvalue weighted by Gasteiger charge is -2.18. The second-order valence-electron chi connectivity index (χ2n) is 2.01. The lowest BCUT2D eigenvalue weighted by Crippen LogP contribution is -2.39. The zero-order chi connectivity index (χ0) is 7.98. The molecule has 0 heterocycles. The molecule has 0 aliphatic heterocycles. The van der Waals surface area contributed by atoms with Crippen molar-refractivity contribution in [1.29, 1.82) is 0 Å². The fourth-order valence-electron chi connectivity index (χ4n) is 0.774. The Balaban J connectivity index is 0. The summed E-state index contributed by atoms with van der Waals surface area (Å²) in [5.41, 5.74) is 0. The minimum Gasteiger partial charge on any atom is -0.338 e.